The van der Waals surface area contributed by atoms with Crippen LogP contribution in [0.4, 0.5) is 17.2 Å². The van der Waals surface area contributed by atoms with Gasteiger partial charge in [-0.3, -0.25) is 9.59 Å². The second-order valence-corrected chi connectivity index (χ2v) is 7.97. The summed E-state index contributed by atoms with van der Waals surface area (Å²) in [5.41, 5.74) is 3.86. The molecule has 0 saturated heterocycles. The minimum atomic E-state index is -0.501. The van der Waals surface area contributed by atoms with Crippen LogP contribution < -0.4 is 16.0 Å². The Labute approximate surface area is 197 Å². The highest BCUT2D eigenvalue weighted by Gasteiger charge is 2.35. The summed E-state index contributed by atoms with van der Waals surface area (Å²) in [7, 11) is 0. The van der Waals surface area contributed by atoms with Crippen molar-refractivity contribution in [3.8, 4) is 0 Å². The van der Waals surface area contributed by atoms with Gasteiger partial charge >= 0.3 is 0 Å². The third-order valence-electron chi connectivity index (χ3n) is 5.69. The van der Waals surface area contributed by atoms with Crippen molar-refractivity contribution in [2.75, 3.05) is 16.0 Å². The highest BCUT2D eigenvalue weighted by Crippen LogP contribution is 2.37. The summed E-state index contributed by atoms with van der Waals surface area (Å²) in [6.45, 7) is 1.84. The number of rotatable bonds is 5. The number of hydrogen-bond acceptors (Lipinski definition) is 4. The van der Waals surface area contributed by atoms with Crippen molar-refractivity contribution in [3.63, 3.8) is 0 Å². The Hall–Kier alpha value is -4.65. The predicted molar refractivity (Wildman–Crippen MR) is 133 cm³/mol. The molecule has 1 aliphatic rings. The molecule has 1 aromatic heterocycles. The van der Waals surface area contributed by atoms with E-state index in [1.54, 1.807) is 4.68 Å². The first-order chi connectivity index (χ1) is 16.6. The van der Waals surface area contributed by atoms with Crippen LogP contribution >= 0.6 is 0 Å². The van der Waals surface area contributed by atoms with E-state index in [-0.39, 0.29) is 11.8 Å². The van der Waals surface area contributed by atoms with E-state index in [1.165, 1.54) is 6.20 Å². The Morgan fingerprint density at radius 1 is 0.794 bits per heavy atom. The standard InChI is InChI=1S/C27H23N5O2/c1-18-23(27(34)31-21-15-9-4-10-16-21)24(19-11-5-2-6-12-19)32-25(29-18)22(17-28-32)26(33)30-20-13-7-3-8-14-20/h2-17,24,29H,1H3,(H,30,33)(H,31,34)/t24-/m1/s1. The fraction of sp³-hybridized carbons (Fsp3) is 0.0741. The number of para-hydroxylation sites is 2. The molecule has 0 saturated carbocycles. The molecule has 0 aliphatic carbocycles. The van der Waals surface area contributed by atoms with Crippen molar-refractivity contribution in [3.05, 3.63) is 120 Å². The maximum Gasteiger partial charge on any atom is 0.261 e. The second kappa shape index (κ2) is 9.07. The first kappa shape index (κ1) is 21.2. The maximum absolute atomic E-state index is 13.4. The van der Waals surface area contributed by atoms with E-state index in [9.17, 15) is 9.59 Å². The summed E-state index contributed by atoms with van der Waals surface area (Å²) >= 11 is 0. The molecule has 0 unspecified atom stereocenters. The molecule has 1 atom stereocenters. The molecule has 3 N–H and O–H groups in total. The Kier molecular flexibility index (Phi) is 5.66. The third kappa shape index (κ3) is 4.06. The first-order valence-electron chi connectivity index (χ1n) is 10.9. The van der Waals surface area contributed by atoms with Crippen molar-refractivity contribution < 1.29 is 9.59 Å². The molecule has 2 heterocycles. The van der Waals surface area contributed by atoms with E-state index in [0.717, 1.165) is 5.56 Å². The van der Waals surface area contributed by atoms with Crippen molar-refractivity contribution in [1.29, 1.82) is 0 Å². The van der Waals surface area contributed by atoms with E-state index in [2.05, 4.69) is 21.0 Å². The zero-order chi connectivity index (χ0) is 23.5. The molecular weight excluding hydrogens is 426 g/mol. The quantitative estimate of drug-likeness (QED) is 0.397. The normalized spacial score (nSPS) is 14.7. The number of fused-ring (bicyclic) bond motifs is 1. The van der Waals surface area contributed by atoms with E-state index in [1.807, 2.05) is 97.9 Å². The highest BCUT2D eigenvalue weighted by atomic mass is 16.2. The molecule has 0 spiro atoms. The smallest absolute Gasteiger partial charge is 0.261 e. The number of carbonyl (C=O) groups excluding carboxylic acids is 2. The summed E-state index contributed by atoms with van der Waals surface area (Å²) < 4.78 is 1.70. The van der Waals surface area contributed by atoms with Gasteiger partial charge in [0.25, 0.3) is 11.8 Å². The molecule has 0 fully saturated rings. The summed E-state index contributed by atoms with van der Waals surface area (Å²) in [4.78, 5) is 26.5. The average molecular weight is 450 g/mol. The van der Waals surface area contributed by atoms with Crippen LogP contribution in [0.15, 0.2) is 108 Å². The van der Waals surface area contributed by atoms with Crippen LogP contribution in [-0.2, 0) is 4.79 Å². The van der Waals surface area contributed by atoms with Gasteiger partial charge in [0.15, 0.2) is 0 Å². The van der Waals surface area contributed by atoms with Crippen LogP contribution in [-0.4, -0.2) is 21.6 Å². The van der Waals surface area contributed by atoms with Crippen molar-refractivity contribution in [1.82, 2.24) is 9.78 Å². The monoisotopic (exact) mass is 449 g/mol. The van der Waals surface area contributed by atoms with Gasteiger partial charge in [-0.2, -0.15) is 5.10 Å². The Morgan fingerprint density at radius 2 is 1.32 bits per heavy atom. The maximum atomic E-state index is 13.4. The Morgan fingerprint density at radius 3 is 1.91 bits per heavy atom. The molecule has 3 aromatic carbocycles. The lowest BCUT2D eigenvalue weighted by molar-refractivity contribution is -0.113. The number of hydrogen-bond donors (Lipinski definition) is 3. The van der Waals surface area contributed by atoms with Crippen molar-refractivity contribution >= 4 is 29.0 Å². The third-order valence-corrected chi connectivity index (χ3v) is 5.69. The van der Waals surface area contributed by atoms with Gasteiger partial charge in [-0.15, -0.1) is 0 Å². The van der Waals surface area contributed by atoms with Gasteiger partial charge in [0, 0.05) is 17.1 Å². The Bertz CT molecular complexity index is 1360. The van der Waals surface area contributed by atoms with E-state index in [0.29, 0.717) is 34.0 Å². The number of allylic oxidation sites excluding steroid dienone is 1. The Balaban J connectivity index is 1.53. The van der Waals surface area contributed by atoms with Gasteiger partial charge in [0.05, 0.1) is 11.8 Å². The van der Waals surface area contributed by atoms with Gasteiger partial charge in [0.2, 0.25) is 0 Å². The lowest BCUT2D eigenvalue weighted by Gasteiger charge is -2.30. The fourth-order valence-corrected chi connectivity index (χ4v) is 4.10. The summed E-state index contributed by atoms with van der Waals surface area (Å²) in [6, 6.07) is 27.7. The number of amides is 2. The number of carbonyl (C=O) groups is 2. The highest BCUT2D eigenvalue weighted by molar-refractivity contribution is 6.09. The van der Waals surface area contributed by atoms with E-state index >= 15 is 0 Å². The zero-order valence-electron chi connectivity index (χ0n) is 18.5. The van der Waals surface area contributed by atoms with Crippen LogP contribution in [0.5, 0.6) is 0 Å². The molecule has 2 amide bonds. The van der Waals surface area contributed by atoms with Crippen LogP contribution in [0.25, 0.3) is 0 Å². The number of benzene rings is 3. The van der Waals surface area contributed by atoms with Gasteiger partial charge < -0.3 is 16.0 Å². The summed E-state index contributed by atoms with van der Waals surface area (Å²) in [5.74, 6) is 0.0225. The molecule has 0 bridgehead atoms. The molecule has 168 valence electrons. The molecule has 5 rings (SSSR count). The SMILES string of the molecule is CC1=C(C(=O)Nc2ccccc2)[C@@H](c2ccccc2)n2ncc(C(=O)Nc3ccccc3)c2N1. The lowest BCUT2D eigenvalue weighted by Crippen LogP contribution is -2.32. The molecule has 34 heavy (non-hydrogen) atoms. The van der Waals surface area contributed by atoms with Crippen LogP contribution in [0.3, 0.4) is 0 Å². The second-order valence-electron chi connectivity index (χ2n) is 7.97. The first-order valence-corrected chi connectivity index (χ1v) is 10.9. The van der Waals surface area contributed by atoms with E-state index < -0.39 is 6.04 Å². The number of aromatic nitrogens is 2. The van der Waals surface area contributed by atoms with Crippen LogP contribution in [0.2, 0.25) is 0 Å². The fourth-order valence-electron chi connectivity index (χ4n) is 4.10. The predicted octanol–water partition coefficient (Wildman–Crippen LogP) is 5.06. The topological polar surface area (TPSA) is 88.0 Å². The van der Waals surface area contributed by atoms with Gasteiger partial charge in [-0.1, -0.05) is 66.7 Å². The van der Waals surface area contributed by atoms with Crippen molar-refractivity contribution in [2.45, 2.75) is 13.0 Å². The minimum absolute atomic E-state index is 0.235. The molecular formula is C27H23N5O2. The molecule has 7 nitrogen and oxygen atoms in total. The molecule has 7 heteroatoms. The zero-order valence-corrected chi connectivity index (χ0v) is 18.5. The average Bonchev–Trinajstić information content (AvgIpc) is 3.28. The summed E-state index contributed by atoms with van der Waals surface area (Å²) in [6.07, 6.45) is 1.53. The minimum Gasteiger partial charge on any atom is -0.343 e. The molecule has 4 aromatic rings. The van der Waals surface area contributed by atoms with Crippen LogP contribution in [0, 0.1) is 0 Å². The summed E-state index contributed by atoms with van der Waals surface area (Å²) in [5, 5.41) is 13.7. The van der Waals surface area contributed by atoms with E-state index in [4.69, 9.17) is 0 Å². The van der Waals surface area contributed by atoms with Gasteiger partial charge in [-0.05, 0) is 36.8 Å². The lowest BCUT2D eigenvalue weighted by atomic mass is 9.94. The number of nitrogens with zero attached hydrogens (tertiary/aromatic N) is 2. The number of nitrogens with one attached hydrogen (secondary N) is 3. The van der Waals surface area contributed by atoms with Gasteiger partial charge in [0.1, 0.15) is 17.4 Å². The van der Waals surface area contributed by atoms with Crippen molar-refractivity contribution in [2.24, 2.45) is 0 Å². The number of anilines is 3. The molecule has 1 aliphatic heterocycles. The largest absolute Gasteiger partial charge is 0.343 e. The molecule has 0 radical (unpaired) electrons. The van der Waals surface area contributed by atoms with Crippen LogP contribution in [0.1, 0.15) is 28.9 Å². The van der Waals surface area contributed by atoms with Gasteiger partial charge in [-0.25, -0.2) is 4.68 Å².